The smallest absolute Gasteiger partial charge is 0.355 e. The molecule has 5 nitrogen and oxygen atoms in total. The Morgan fingerprint density at radius 3 is 2.62 bits per heavy atom. The molecule has 2 heterocycles. The lowest BCUT2D eigenvalue weighted by atomic mass is 10.1. The predicted octanol–water partition coefficient (Wildman–Crippen LogP) is 3.82. The van der Waals surface area contributed by atoms with Crippen molar-refractivity contribution in [3.8, 4) is 0 Å². The number of hydrogen-bond donors (Lipinski definition) is 1. The number of hydrogen-bond acceptors (Lipinski definition) is 3. The van der Waals surface area contributed by atoms with Crippen LogP contribution in [-0.4, -0.2) is 20.5 Å². The van der Waals surface area contributed by atoms with Gasteiger partial charge < -0.3 is 5.11 Å². The minimum Gasteiger partial charge on any atom is -0.476 e. The first kappa shape index (κ1) is 17.6. The summed E-state index contributed by atoms with van der Waals surface area (Å²) >= 11 is 0. The molecule has 0 aliphatic heterocycles. The minimum absolute atomic E-state index is 0.156. The molecule has 26 heavy (non-hydrogen) atoms. The van der Waals surface area contributed by atoms with Crippen molar-refractivity contribution < 1.29 is 9.90 Å². The fourth-order valence-corrected chi connectivity index (χ4v) is 2.97. The predicted molar refractivity (Wildman–Crippen MR) is 103 cm³/mol. The fraction of sp³-hybridized carbons (Fsp3) is 0.190. The van der Waals surface area contributed by atoms with Gasteiger partial charge in [0.05, 0.1) is 11.3 Å². The van der Waals surface area contributed by atoms with Crippen molar-refractivity contribution in [2.24, 2.45) is 0 Å². The Balaban J connectivity index is 2.21. The second kappa shape index (κ2) is 7.35. The third-order valence-corrected chi connectivity index (χ3v) is 4.30. The van der Waals surface area contributed by atoms with E-state index >= 15 is 0 Å². The van der Waals surface area contributed by atoms with Crippen LogP contribution in [0.1, 0.15) is 46.2 Å². The highest BCUT2D eigenvalue weighted by molar-refractivity contribution is 5.87. The Morgan fingerprint density at radius 1 is 1.15 bits per heavy atom. The Labute approximate surface area is 151 Å². The Hall–Kier alpha value is -3.21. The van der Waals surface area contributed by atoms with Gasteiger partial charge in [0.25, 0.3) is 5.56 Å². The van der Waals surface area contributed by atoms with Crippen LogP contribution >= 0.6 is 0 Å². The van der Waals surface area contributed by atoms with Crippen LogP contribution < -0.4 is 5.56 Å². The van der Waals surface area contributed by atoms with Gasteiger partial charge in [-0.3, -0.25) is 9.20 Å². The van der Waals surface area contributed by atoms with Gasteiger partial charge in [0.15, 0.2) is 5.69 Å². The van der Waals surface area contributed by atoms with Crippen molar-refractivity contribution in [3.63, 3.8) is 0 Å². The molecule has 1 N–H and O–H groups in total. The average molecular weight is 348 g/mol. The summed E-state index contributed by atoms with van der Waals surface area (Å²) in [5.41, 5.74) is 2.96. The molecular weight excluding hydrogens is 328 g/mol. The zero-order valence-corrected chi connectivity index (χ0v) is 14.8. The number of aromatic carboxylic acids is 1. The summed E-state index contributed by atoms with van der Waals surface area (Å²) in [6.07, 6.45) is 4.85. The van der Waals surface area contributed by atoms with Crippen LogP contribution in [0.5, 0.6) is 0 Å². The van der Waals surface area contributed by atoms with E-state index in [0.29, 0.717) is 24.2 Å². The molecule has 0 aliphatic rings. The number of rotatable bonds is 5. The molecule has 0 fully saturated rings. The molecule has 0 spiro atoms. The number of nitrogens with zero attached hydrogens (tertiary/aromatic N) is 2. The maximum absolute atomic E-state index is 13.0. The van der Waals surface area contributed by atoms with Gasteiger partial charge in [-0.25, -0.2) is 9.78 Å². The monoisotopic (exact) mass is 348 g/mol. The molecule has 3 rings (SSSR count). The number of aromatic nitrogens is 2. The van der Waals surface area contributed by atoms with Gasteiger partial charge in [0.1, 0.15) is 5.65 Å². The minimum atomic E-state index is -1.17. The quantitative estimate of drug-likeness (QED) is 0.761. The summed E-state index contributed by atoms with van der Waals surface area (Å²) in [5, 5.41) is 9.40. The van der Waals surface area contributed by atoms with Gasteiger partial charge in [-0.1, -0.05) is 49.8 Å². The summed E-state index contributed by atoms with van der Waals surface area (Å²) < 4.78 is 1.48. The van der Waals surface area contributed by atoms with Gasteiger partial charge in [-0.15, -0.1) is 0 Å². The van der Waals surface area contributed by atoms with E-state index in [9.17, 15) is 14.7 Å². The zero-order chi connectivity index (χ0) is 18.7. The molecule has 0 amide bonds. The normalized spacial score (nSPS) is 11.3. The van der Waals surface area contributed by atoms with Crippen molar-refractivity contribution in [2.75, 3.05) is 0 Å². The molecule has 0 aliphatic carbocycles. The van der Waals surface area contributed by atoms with Crippen LogP contribution in [0.4, 0.5) is 0 Å². The molecule has 3 aromatic rings. The number of fused-ring (bicyclic) bond motifs is 1. The van der Waals surface area contributed by atoms with Crippen molar-refractivity contribution >= 4 is 23.8 Å². The van der Waals surface area contributed by atoms with Gasteiger partial charge in [0.2, 0.25) is 0 Å². The third-order valence-electron chi connectivity index (χ3n) is 4.30. The van der Waals surface area contributed by atoms with Gasteiger partial charge >= 0.3 is 5.97 Å². The summed E-state index contributed by atoms with van der Waals surface area (Å²) in [6, 6.07) is 13.2. The molecule has 0 radical (unpaired) electrons. The molecular formula is C21H20N2O3. The van der Waals surface area contributed by atoms with E-state index in [1.807, 2.05) is 56.3 Å². The van der Waals surface area contributed by atoms with Crippen LogP contribution in [0.15, 0.2) is 47.3 Å². The molecule has 0 unspecified atom stereocenters. The van der Waals surface area contributed by atoms with Crippen LogP contribution in [0.3, 0.4) is 0 Å². The molecule has 5 heteroatoms. The standard InChI is InChI=1S/C21H20N2O3/c1-3-7-17-19(21(25)26)22-18-11-6-10-16(23(18)20(17)24)13-12-15-9-5-4-8-14(15)2/h4-6,8-13H,3,7H2,1-2H3,(H,25,26)/b13-12+. The number of carboxylic acid groups (broad SMARTS) is 1. The first-order chi connectivity index (χ1) is 12.5. The molecule has 0 atom stereocenters. The van der Waals surface area contributed by atoms with Crippen molar-refractivity contribution in [2.45, 2.75) is 26.7 Å². The van der Waals surface area contributed by atoms with E-state index in [0.717, 1.165) is 11.1 Å². The molecule has 2 aromatic heterocycles. The number of aryl methyl sites for hydroxylation is 1. The summed E-state index contributed by atoms with van der Waals surface area (Å²) in [7, 11) is 0. The van der Waals surface area contributed by atoms with E-state index in [1.165, 1.54) is 4.40 Å². The number of pyridine rings is 1. The second-order valence-corrected chi connectivity index (χ2v) is 6.13. The highest BCUT2D eigenvalue weighted by Gasteiger charge is 2.18. The van der Waals surface area contributed by atoms with E-state index in [4.69, 9.17) is 0 Å². The molecule has 132 valence electrons. The molecule has 0 bridgehead atoms. The maximum atomic E-state index is 13.0. The van der Waals surface area contributed by atoms with Crippen LogP contribution in [0.2, 0.25) is 0 Å². The number of benzene rings is 1. The maximum Gasteiger partial charge on any atom is 0.355 e. The van der Waals surface area contributed by atoms with Crippen molar-refractivity contribution in [3.05, 3.63) is 80.9 Å². The van der Waals surface area contributed by atoms with E-state index < -0.39 is 5.97 Å². The van der Waals surface area contributed by atoms with Crippen LogP contribution in [0, 0.1) is 6.92 Å². The summed E-state index contributed by atoms with van der Waals surface area (Å²) in [5.74, 6) is -1.17. The summed E-state index contributed by atoms with van der Waals surface area (Å²) in [4.78, 5) is 28.7. The lowest BCUT2D eigenvalue weighted by Gasteiger charge is -2.10. The largest absolute Gasteiger partial charge is 0.476 e. The van der Waals surface area contributed by atoms with Crippen molar-refractivity contribution in [1.29, 1.82) is 0 Å². The highest BCUT2D eigenvalue weighted by Crippen LogP contribution is 2.14. The second-order valence-electron chi connectivity index (χ2n) is 6.13. The number of carbonyl (C=O) groups is 1. The Bertz CT molecular complexity index is 1060. The Morgan fingerprint density at radius 2 is 1.92 bits per heavy atom. The van der Waals surface area contributed by atoms with Gasteiger partial charge in [-0.05, 0) is 42.7 Å². The van der Waals surface area contributed by atoms with E-state index in [1.54, 1.807) is 12.1 Å². The number of carboxylic acids is 1. The van der Waals surface area contributed by atoms with E-state index in [2.05, 4.69) is 4.98 Å². The van der Waals surface area contributed by atoms with Gasteiger partial charge in [-0.2, -0.15) is 0 Å². The van der Waals surface area contributed by atoms with Gasteiger partial charge in [0, 0.05) is 0 Å². The van der Waals surface area contributed by atoms with E-state index in [-0.39, 0.29) is 16.8 Å². The lowest BCUT2D eigenvalue weighted by molar-refractivity contribution is 0.0689. The van der Waals surface area contributed by atoms with Crippen LogP contribution in [-0.2, 0) is 6.42 Å². The zero-order valence-electron chi connectivity index (χ0n) is 14.8. The first-order valence-corrected chi connectivity index (χ1v) is 8.54. The average Bonchev–Trinajstić information content (AvgIpc) is 2.63. The highest BCUT2D eigenvalue weighted by atomic mass is 16.4. The molecule has 0 saturated carbocycles. The first-order valence-electron chi connectivity index (χ1n) is 8.54. The Kier molecular flexibility index (Phi) is 4.98. The molecule has 1 aromatic carbocycles. The SMILES string of the molecule is CCCc1c(C(=O)O)nc2cccc(/C=C/c3ccccc3C)n2c1=O. The third kappa shape index (κ3) is 3.28. The fourth-order valence-electron chi connectivity index (χ4n) is 2.97. The lowest BCUT2D eigenvalue weighted by Crippen LogP contribution is -2.26. The topological polar surface area (TPSA) is 71.7 Å². The van der Waals surface area contributed by atoms with Crippen molar-refractivity contribution in [1.82, 2.24) is 9.38 Å². The molecule has 0 saturated heterocycles. The van der Waals surface area contributed by atoms with Crippen LogP contribution in [0.25, 0.3) is 17.8 Å². The summed E-state index contributed by atoms with van der Waals surface area (Å²) in [6.45, 7) is 3.93.